The van der Waals surface area contributed by atoms with Crippen LogP contribution in [0.25, 0.3) is 0 Å². The Bertz CT molecular complexity index is 675. The highest BCUT2D eigenvalue weighted by molar-refractivity contribution is 7.11. The molecule has 0 unspecified atom stereocenters. The minimum atomic E-state index is -0.0185. The van der Waals surface area contributed by atoms with Gasteiger partial charge < -0.3 is 4.90 Å². The van der Waals surface area contributed by atoms with Crippen LogP contribution in [0.5, 0.6) is 0 Å². The molecule has 0 spiro atoms. The Morgan fingerprint density at radius 3 is 3.09 bits per heavy atom. The second-order valence-corrected chi connectivity index (χ2v) is 7.24. The fourth-order valence-electron chi connectivity index (χ4n) is 3.07. The van der Waals surface area contributed by atoms with E-state index in [1.54, 1.807) is 16.2 Å². The van der Waals surface area contributed by atoms with Crippen LogP contribution in [0, 0.1) is 6.92 Å². The molecule has 0 aromatic carbocycles. The summed E-state index contributed by atoms with van der Waals surface area (Å²) in [5, 5.41) is 8.16. The second-order valence-electron chi connectivity index (χ2n) is 5.95. The number of amides is 1. The molecule has 5 nitrogen and oxygen atoms in total. The highest BCUT2D eigenvalue weighted by Crippen LogP contribution is 2.35. The molecule has 1 aliphatic rings. The number of nitrogens with zero attached hydrogens (tertiary/aromatic N) is 3. The number of hydrogen-bond acceptors (Lipinski definition) is 4. The largest absolute Gasteiger partial charge is 0.340 e. The van der Waals surface area contributed by atoms with Crippen molar-refractivity contribution in [3.63, 3.8) is 0 Å². The summed E-state index contributed by atoms with van der Waals surface area (Å²) in [6.45, 7) is 4.81. The third-order valence-corrected chi connectivity index (χ3v) is 5.30. The molecule has 1 aliphatic carbocycles. The highest BCUT2D eigenvalue weighted by Gasteiger charge is 2.27. The third-order valence-electron chi connectivity index (χ3n) is 4.25. The predicted molar refractivity (Wildman–Crippen MR) is 87.5 cm³/mol. The summed E-state index contributed by atoms with van der Waals surface area (Å²) in [4.78, 5) is 20.4. The van der Waals surface area contributed by atoms with Gasteiger partial charge in [-0.15, -0.1) is 11.3 Å². The minimum Gasteiger partial charge on any atom is -0.340 e. The average Bonchev–Trinajstić information content (AvgIpc) is 3.12. The Kier molecular flexibility index (Phi) is 4.29. The SMILES string of the molecule is CCc1cc(C(=O)N(C)C[C@@H]2CCCc3sc(C)nc32)n[nH]1. The van der Waals surface area contributed by atoms with Gasteiger partial charge in [0.05, 0.1) is 10.7 Å². The van der Waals surface area contributed by atoms with Gasteiger partial charge in [-0.3, -0.25) is 9.89 Å². The van der Waals surface area contributed by atoms with Crippen molar-refractivity contribution >= 4 is 17.2 Å². The Hall–Kier alpha value is -1.69. The molecule has 0 radical (unpaired) electrons. The quantitative estimate of drug-likeness (QED) is 0.943. The van der Waals surface area contributed by atoms with Crippen molar-refractivity contribution in [2.45, 2.75) is 45.4 Å². The van der Waals surface area contributed by atoms with E-state index in [1.807, 2.05) is 20.0 Å². The molecule has 2 aromatic heterocycles. The number of aryl methyl sites for hydroxylation is 3. The summed E-state index contributed by atoms with van der Waals surface area (Å²) in [5.74, 6) is 0.335. The van der Waals surface area contributed by atoms with E-state index < -0.39 is 0 Å². The maximum atomic E-state index is 12.5. The van der Waals surface area contributed by atoms with E-state index in [4.69, 9.17) is 4.98 Å². The molecular formula is C16H22N4OS. The first-order chi connectivity index (χ1) is 10.6. The fraction of sp³-hybridized carbons (Fsp3) is 0.562. The van der Waals surface area contributed by atoms with Crippen LogP contribution in [-0.4, -0.2) is 39.6 Å². The van der Waals surface area contributed by atoms with Gasteiger partial charge in [0.1, 0.15) is 5.69 Å². The molecule has 0 fully saturated rings. The number of nitrogens with one attached hydrogen (secondary N) is 1. The zero-order valence-electron chi connectivity index (χ0n) is 13.3. The molecule has 1 atom stereocenters. The van der Waals surface area contributed by atoms with Crippen molar-refractivity contribution in [2.75, 3.05) is 13.6 Å². The lowest BCUT2D eigenvalue weighted by Crippen LogP contribution is -2.32. The van der Waals surface area contributed by atoms with Crippen molar-refractivity contribution in [3.8, 4) is 0 Å². The van der Waals surface area contributed by atoms with E-state index in [-0.39, 0.29) is 5.91 Å². The van der Waals surface area contributed by atoms with E-state index in [0.717, 1.165) is 30.0 Å². The Morgan fingerprint density at radius 1 is 1.55 bits per heavy atom. The number of rotatable bonds is 4. The number of fused-ring (bicyclic) bond motifs is 1. The minimum absolute atomic E-state index is 0.0185. The molecule has 1 amide bonds. The van der Waals surface area contributed by atoms with E-state index in [2.05, 4.69) is 17.1 Å². The first-order valence-corrected chi connectivity index (χ1v) is 8.66. The molecule has 0 saturated carbocycles. The van der Waals surface area contributed by atoms with Gasteiger partial charge >= 0.3 is 0 Å². The van der Waals surface area contributed by atoms with Gasteiger partial charge in [0.15, 0.2) is 0 Å². The van der Waals surface area contributed by atoms with E-state index in [0.29, 0.717) is 18.2 Å². The standard InChI is InChI=1S/C16H22N4OS/c1-4-12-8-13(19-18-12)16(21)20(3)9-11-6-5-7-14-15(11)17-10(2)22-14/h8,11H,4-7,9H2,1-3H3,(H,18,19)/t11-/m0/s1. The van der Waals surface area contributed by atoms with Crippen LogP contribution in [0.15, 0.2) is 6.07 Å². The molecule has 0 bridgehead atoms. The summed E-state index contributed by atoms with van der Waals surface area (Å²) in [5.41, 5.74) is 2.71. The molecule has 0 saturated heterocycles. The molecule has 2 aromatic rings. The summed E-state index contributed by atoms with van der Waals surface area (Å²) >= 11 is 1.80. The summed E-state index contributed by atoms with van der Waals surface area (Å²) in [6, 6.07) is 1.85. The van der Waals surface area contributed by atoms with Crippen molar-refractivity contribution in [1.82, 2.24) is 20.1 Å². The van der Waals surface area contributed by atoms with Gasteiger partial charge in [-0.2, -0.15) is 5.10 Å². The van der Waals surface area contributed by atoms with Crippen LogP contribution < -0.4 is 0 Å². The van der Waals surface area contributed by atoms with E-state index in [9.17, 15) is 4.79 Å². The van der Waals surface area contributed by atoms with Crippen molar-refractivity contribution in [2.24, 2.45) is 0 Å². The molecule has 0 aliphatic heterocycles. The van der Waals surface area contributed by atoms with Crippen LogP contribution in [-0.2, 0) is 12.8 Å². The number of aromatic nitrogens is 3. The topological polar surface area (TPSA) is 61.9 Å². The Labute approximate surface area is 134 Å². The predicted octanol–water partition coefficient (Wildman–Crippen LogP) is 2.93. The number of H-pyrrole nitrogens is 1. The molecular weight excluding hydrogens is 296 g/mol. The van der Waals surface area contributed by atoms with Gasteiger partial charge in [-0.25, -0.2) is 4.98 Å². The first-order valence-electron chi connectivity index (χ1n) is 7.84. The Morgan fingerprint density at radius 2 is 2.36 bits per heavy atom. The lowest BCUT2D eigenvalue weighted by Gasteiger charge is -2.26. The molecule has 6 heteroatoms. The van der Waals surface area contributed by atoms with Crippen molar-refractivity contribution in [3.05, 3.63) is 33.0 Å². The second kappa shape index (κ2) is 6.20. The van der Waals surface area contributed by atoms with Crippen LogP contribution in [0.2, 0.25) is 0 Å². The number of hydrogen-bond donors (Lipinski definition) is 1. The zero-order chi connectivity index (χ0) is 15.7. The van der Waals surface area contributed by atoms with Crippen molar-refractivity contribution < 1.29 is 4.79 Å². The van der Waals surface area contributed by atoms with Gasteiger partial charge in [-0.05, 0) is 38.7 Å². The fourth-order valence-corrected chi connectivity index (χ4v) is 4.13. The number of carbonyl (C=O) groups is 1. The third kappa shape index (κ3) is 2.92. The molecule has 118 valence electrons. The van der Waals surface area contributed by atoms with Crippen LogP contribution in [0.1, 0.15) is 57.4 Å². The van der Waals surface area contributed by atoms with E-state index in [1.165, 1.54) is 17.0 Å². The zero-order valence-corrected chi connectivity index (χ0v) is 14.2. The smallest absolute Gasteiger partial charge is 0.274 e. The summed E-state index contributed by atoms with van der Waals surface area (Å²) in [6.07, 6.45) is 4.28. The number of carbonyl (C=O) groups excluding carboxylic acids is 1. The molecule has 22 heavy (non-hydrogen) atoms. The number of thiazole rings is 1. The maximum absolute atomic E-state index is 12.5. The average molecular weight is 318 g/mol. The van der Waals surface area contributed by atoms with Crippen LogP contribution >= 0.6 is 11.3 Å². The molecule has 1 N–H and O–H groups in total. The number of likely N-dealkylation sites (N-methyl/N-ethyl adjacent to an activating group) is 1. The van der Waals surface area contributed by atoms with Gasteiger partial charge in [0.2, 0.25) is 0 Å². The lowest BCUT2D eigenvalue weighted by molar-refractivity contribution is 0.0777. The lowest BCUT2D eigenvalue weighted by atomic mass is 9.90. The maximum Gasteiger partial charge on any atom is 0.274 e. The highest BCUT2D eigenvalue weighted by atomic mass is 32.1. The van der Waals surface area contributed by atoms with Crippen LogP contribution in [0.4, 0.5) is 0 Å². The van der Waals surface area contributed by atoms with Gasteiger partial charge in [0.25, 0.3) is 5.91 Å². The van der Waals surface area contributed by atoms with Crippen LogP contribution in [0.3, 0.4) is 0 Å². The summed E-state index contributed by atoms with van der Waals surface area (Å²) in [7, 11) is 1.86. The van der Waals surface area contributed by atoms with Crippen molar-refractivity contribution in [1.29, 1.82) is 0 Å². The Balaban J connectivity index is 1.71. The monoisotopic (exact) mass is 318 g/mol. The first kappa shape index (κ1) is 15.2. The molecule has 3 rings (SSSR count). The molecule has 2 heterocycles. The number of aromatic amines is 1. The summed E-state index contributed by atoms with van der Waals surface area (Å²) < 4.78 is 0. The normalized spacial score (nSPS) is 17.3. The van der Waals surface area contributed by atoms with E-state index >= 15 is 0 Å². The van der Waals surface area contributed by atoms with Gasteiger partial charge in [-0.1, -0.05) is 6.92 Å². The van der Waals surface area contributed by atoms with Gasteiger partial charge in [0, 0.05) is 30.1 Å².